The number of nitrogen functional groups attached to an aromatic ring is 1. The van der Waals surface area contributed by atoms with Gasteiger partial charge in [0, 0.05) is 58.1 Å². The number of carbonyl (C=O) groups is 1. The molecule has 1 aliphatic rings. The van der Waals surface area contributed by atoms with E-state index in [1.54, 1.807) is 38.5 Å². The summed E-state index contributed by atoms with van der Waals surface area (Å²) in [6, 6.07) is 9.76. The molecule has 2 heterocycles. The first kappa shape index (κ1) is 26.8. The van der Waals surface area contributed by atoms with Crippen LogP contribution in [0.3, 0.4) is 0 Å². The first-order valence-electron chi connectivity index (χ1n) is 12.1. The molecule has 2 N–H and O–H groups in total. The Hall–Kier alpha value is -3.77. The summed E-state index contributed by atoms with van der Waals surface area (Å²) in [6.45, 7) is 11.2. The summed E-state index contributed by atoms with van der Waals surface area (Å²) in [5.41, 5.74) is 14.7. The van der Waals surface area contributed by atoms with E-state index in [9.17, 15) is 4.79 Å². The molecule has 1 aromatic carbocycles. The molecule has 1 aliphatic heterocycles. The molecule has 0 atom stereocenters. The third-order valence-electron chi connectivity index (χ3n) is 6.21. The standard InChI is InChI=1S/C30H37N5O/c1-21(17-22(2)28(11-14-32-4)29-10-8-26(31)19-33-29)20-35-15-12-24(13-16-35)27-9-7-25(18-23(27)3)30(36)34(5)6/h7-12,14,17-19H,2,13,15-16,20,31H2,1,3-6H3/b21-17+,28-11+,32-14?. The van der Waals surface area contributed by atoms with E-state index >= 15 is 0 Å². The third kappa shape index (κ3) is 6.89. The molecule has 0 spiro atoms. The van der Waals surface area contributed by atoms with Gasteiger partial charge in [0.15, 0.2) is 0 Å². The summed E-state index contributed by atoms with van der Waals surface area (Å²) in [5, 5.41) is 0. The number of aromatic nitrogens is 1. The van der Waals surface area contributed by atoms with Crippen LogP contribution in [0.15, 0.2) is 77.5 Å². The zero-order valence-electron chi connectivity index (χ0n) is 22.1. The fourth-order valence-electron chi connectivity index (χ4n) is 4.36. The van der Waals surface area contributed by atoms with Gasteiger partial charge in [0.25, 0.3) is 5.91 Å². The van der Waals surface area contributed by atoms with E-state index in [-0.39, 0.29) is 5.91 Å². The molecule has 2 aromatic rings. The third-order valence-corrected chi connectivity index (χ3v) is 6.21. The van der Waals surface area contributed by atoms with Gasteiger partial charge >= 0.3 is 0 Å². The number of anilines is 1. The second-order valence-corrected chi connectivity index (χ2v) is 9.42. The van der Waals surface area contributed by atoms with Crippen LogP contribution in [0.1, 0.15) is 40.5 Å². The van der Waals surface area contributed by atoms with Crippen molar-refractivity contribution in [2.24, 2.45) is 4.99 Å². The minimum Gasteiger partial charge on any atom is -0.397 e. The van der Waals surface area contributed by atoms with Crippen LogP contribution in [-0.2, 0) is 0 Å². The highest BCUT2D eigenvalue weighted by molar-refractivity contribution is 5.94. The smallest absolute Gasteiger partial charge is 0.253 e. The number of nitrogens with two attached hydrogens (primary N) is 1. The summed E-state index contributed by atoms with van der Waals surface area (Å²) in [7, 11) is 5.30. The van der Waals surface area contributed by atoms with Crippen molar-refractivity contribution in [3.8, 4) is 0 Å². The first-order chi connectivity index (χ1) is 17.2. The highest BCUT2D eigenvalue weighted by atomic mass is 16.2. The summed E-state index contributed by atoms with van der Waals surface area (Å²) in [5.74, 6) is 0.0319. The monoisotopic (exact) mass is 483 g/mol. The fourth-order valence-corrected chi connectivity index (χ4v) is 4.36. The van der Waals surface area contributed by atoms with Crippen LogP contribution < -0.4 is 5.73 Å². The number of pyridine rings is 1. The number of amides is 1. The van der Waals surface area contributed by atoms with Crippen molar-refractivity contribution in [1.29, 1.82) is 0 Å². The number of aliphatic imine (C=N–C) groups is 1. The highest BCUT2D eigenvalue weighted by Crippen LogP contribution is 2.27. The molecule has 0 saturated heterocycles. The predicted molar refractivity (Wildman–Crippen MR) is 152 cm³/mol. The zero-order valence-corrected chi connectivity index (χ0v) is 22.1. The van der Waals surface area contributed by atoms with E-state index in [1.165, 1.54) is 16.7 Å². The molecule has 0 bridgehead atoms. The Bertz CT molecular complexity index is 1230. The summed E-state index contributed by atoms with van der Waals surface area (Å²) >= 11 is 0. The topological polar surface area (TPSA) is 74.8 Å². The average Bonchev–Trinajstić information content (AvgIpc) is 2.85. The van der Waals surface area contributed by atoms with Gasteiger partial charge in [-0.25, -0.2) is 0 Å². The van der Waals surface area contributed by atoms with Gasteiger partial charge in [-0.15, -0.1) is 0 Å². The van der Waals surface area contributed by atoms with Crippen LogP contribution in [0.2, 0.25) is 0 Å². The van der Waals surface area contributed by atoms with Crippen molar-refractivity contribution >= 4 is 29.0 Å². The Morgan fingerprint density at radius 2 is 2.06 bits per heavy atom. The molecule has 1 aromatic heterocycles. The molecule has 0 aliphatic carbocycles. The normalized spacial score (nSPS) is 15.2. The van der Waals surface area contributed by atoms with Gasteiger partial charge in [0.2, 0.25) is 0 Å². The van der Waals surface area contributed by atoms with Crippen LogP contribution in [0.25, 0.3) is 11.1 Å². The summed E-state index contributed by atoms with van der Waals surface area (Å²) < 4.78 is 0. The summed E-state index contributed by atoms with van der Waals surface area (Å²) in [6.07, 6.45) is 10.7. The van der Waals surface area contributed by atoms with Crippen LogP contribution in [0, 0.1) is 6.92 Å². The molecule has 6 nitrogen and oxygen atoms in total. The molecule has 36 heavy (non-hydrogen) atoms. The van der Waals surface area contributed by atoms with E-state index < -0.39 is 0 Å². The minimum absolute atomic E-state index is 0.0319. The minimum atomic E-state index is 0.0319. The van der Waals surface area contributed by atoms with Crippen LogP contribution in [-0.4, -0.2) is 67.7 Å². The van der Waals surface area contributed by atoms with E-state index in [2.05, 4.69) is 53.5 Å². The van der Waals surface area contributed by atoms with Gasteiger partial charge in [0.1, 0.15) is 0 Å². The molecular weight excluding hydrogens is 446 g/mol. The molecule has 6 heteroatoms. The van der Waals surface area contributed by atoms with E-state index in [0.717, 1.165) is 54.0 Å². The molecule has 3 rings (SSSR count). The van der Waals surface area contributed by atoms with Crippen LogP contribution in [0.5, 0.6) is 0 Å². The van der Waals surface area contributed by atoms with Crippen molar-refractivity contribution in [3.63, 3.8) is 0 Å². The largest absolute Gasteiger partial charge is 0.397 e. The van der Waals surface area contributed by atoms with Crippen molar-refractivity contribution in [2.75, 3.05) is 46.5 Å². The van der Waals surface area contributed by atoms with Crippen molar-refractivity contribution < 1.29 is 4.79 Å². The number of benzene rings is 1. The number of nitrogens with zero attached hydrogens (tertiary/aromatic N) is 4. The molecule has 0 radical (unpaired) electrons. The second kappa shape index (κ2) is 12.3. The summed E-state index contributed by atoms with van der Waals surface area (Å²) in [4.78, 5) is 24.9. The lowest BCUT2D eigenvalue weighted by Crippen LogP contribution is -2.30. The van der Waals surface area contributed by atoms with E-state index in [4.69, 9.17) is 5.73 Å². The lowest BCUT2D eigenvalue weighted by molar-refractivity contribution is 0.0827. The van der Waals surface area contributed by atoms with Gasteiger partial charge in [-0.2, -0.15) is 0 Å². The van der Waals surface area contributed by atoms with Gasteiger partial charge in [-0.05, 0) is 72.9 Å². The van der Waals surface area contributed by atoms with Gasteiger partial charge in [0.05, 0.1) is 17.6 Å². The van der Waals surface area contributed by atoms with Gasteiger partial charge in [-0.1, -0.05) is 30.4 Å². The molecular formula is C30H37N5O. The zero-order chi connectivity index (χ0) is 26.2. The van der Waals surface area contributed by atoms with E-state index in [0.29, 0.717) is 5.69 Å². The molecule has 0 fully saturated rings. The SMILES string of the molecule is C=C(/C=C(\C)CN1CC=C(c2ccc(C(=O)N(C)C)cc2C)CC1)/C(=C\C=NC)c1ccc(N)cn1. The highest BCUT2D eigenvalue weighted by Gasteiger charge is 2.16. The Balaban J connectivity index is 1.68. The number of aryl methyl sites for hydroxylation is 1. The lowest BCUT2D eigenvalue weighted by atomic mass is 9.93. The van der Waals surface area contributed by atoms with Crippen molar-refractivity contribution in [2.45, 2.75) is 20.3 Å². The number of rotatable bonds is 8. The Morgan fingerprint density at radius 1 is 1.28 bits per heavy atom. The maximum absolute atomic E-state index is 12.3. The number of hydrogen-bond donors (Lipinski definition) is 1. The number of allylic oxidation sites excluding steroid dienone is 4. The lowest BCUT2D eigenvalue weighted by Gasteiger charge is -2.27. The average molecular weight is 484 g/mol. The molecule has 0 saturated carbocycles. The Labute approximate surface area is 215 Å². The van der Waals surface area contributed by atoms with Gasteiger partial charge < -0.3 is 10.6 Å². The number of carbonyl (C=O) groups excluding carboxylic acids is 1. The van der Waals surface area contributed by atoms with E-state index in [1.807, 2.05) is 30.3 Å². The molecule has 188 valence electrons. The Kier molecular flexibility index (Phi) is 9.14. The second-order valence-electron chi connectivity index (χ2n) is 9.42. The predicted octanol–water partition coefficient (Wildman–Crippen LogP) is 5.05. The van der Waals surface area contributed by atoms with Gasteiger partial charge in [-0.3, -0.25) is 19.7 Å². The van der Waals surface area contributed by atoms with Crippen LogP contribution >= 0.6 is 0 Å². The maximum Gasteiger partial charge on any atom is 0.253 e. The van der Waals surface area contributed by atoms with Crippen LogP contribution in [0.4, 0.5) is 5.69 Å². The molecule has 1 amide bonds. The van der Waals surface area contributed by atoms with Crippen molar-refractivity contribution in [3.05, 3.63) is 94.9 Å². The maximum atomic E-state index is 12.3. The quantitative estimate of drug-likeness (QED) is 0.421. The molecule has 0 unspecified atom stereocenters. The van der Waals surface area contributed by atoms with Crippen molar-refractivity contribution in [1.82, 2.24) is 14.8 Å². The number of hydrogen-bond acceptors (Lipinski definition) is 5. The fraction of sp³-hybridized carbons (Fsp3) is 0.300. The Morgan fingerprint density at radius 3 is 2.64 bits per heavy atom. The first-order valence-corrected chi connectivity index (χ1v) is 12.1.